The number of aromatic amines is 1. The van der Waals surface area contributed by atoms with Crippen molar-refractivity contribution in [1.82, 2.24) is 15.6 Å². The monoisotopic (exact) mass is 1680 g/mol. The van der Waals surface area contributed by atoms with Crippen LogP contribution in [-0.2, 0) is 9.53 Å². The number of hydrazine groups is 1. The molecule has 3 unspecified atom stereocenters. The van der Waals surface area contributed by atoms with Crippen molar-refractivity contribution in [3.05, 3.63) is 185 Å². The second-order valence-electron chi connectivity index (χ2n) is 18.8. The van der Waals surface area contributed by atoms with Crippen molar-refractivity contribution in [3.63, 3.8) is 0 Å². The molecule has 0 fully saturated rings. The Bertz CT molecular complexity index is 3880. The SMILES string of the molecule is CC1=[N+](C)NC2=CC(Br)=CC(=O)C21.COC1=CC(Br)=CC2=N[N+](C)=C(C)C12.COc1cc(Br)cc(F)c1C(C)=O.COc1cc(Br)cc(F)c1C(C)O.COc1cc(Br)cc(F)c1C=O.COc1cc(Br)cc2n[nH]c(C)c12.O=Cc1c(F)cc(Br)cc1F. The van der Waals surface area contributed by atoms with Crippen molar-refractivity contribution >= 4 is 164 Å². The zero-order valence-corrected chi connectivity index (χ0v) is 60.5. The van der Waals surface area contributed by atoms with Gasteiger partial charge in [-0.3, -0.25) is 24.3 Å². The number of ether oxygens (including phenoxy) is 5. The highest BCUT2D eigenvalue weighted by molar-refractivity contribution is 9.12. The lowest BCUT2D eigenvalue weighted by atomic mass is 9.93. The number of carbonyl (C=O) groups excluding carboxylic acids is 4. The fraction of sp³-hybridized carbons (Fsp3) is 0.246. The molecule has 28 heteroatoms. The van der Waals surface area contributed by atoms with Gasteiger partial charge in [-0.15, -0.1) is 4.68 Å². The summed E-state index contributed by atoms with van der Waals surface area (Å²) in [4.78, 5) is 43.1. The summed E-state index contributed by atoms with van der Waals surface area (Å²) in [6.07, 6.45) is 7.30. The highest BCUT2D eigenvalue weighted by Crippen LogP contribution is 2.34. The molecule has 5 aromatic carbocycles. The molecule has 89 heavy (non-hydrogen) atoms. The van der Waals surface area contributed by atoms with Crippen LogP contribution < -0.4 is 24.4 Å². The third-order valence-corrected chi connectivity index (χ3v) is 16.0. The first-order valence-corrected chi connectivity index (χ1v) is 31.2. The predicted octanol–water partition coefficient (Wildman–Crippen LogP) is 15.9. The third kappa shape index (κ3) is 20.2. The maximum atomic E-state index is 13.3. The van der Waals surface area contributed by atoms with Crippen LogP contribution in [0.25, 0.3) is 10.9 Å². The van der Waals surface area contributed by atoms with E-state index in [-0.39, 0.29) is 62.4 Å². The Kier molecular flexibility index (Phi) is 29.7. The molecule has 10 rings (SSSR count). The second-order valence-corrected chi connectivity index (χ2v) is 25.2. The van der Waals surface area contributed by atoms with E-state index in [0.717, 1.165) is 70.8 Å². The lowest BCUT2D eigenvalue weighted by Crippen LogP contribution is -2.24. The van der Waals surface area contributed by atoms with Crippen molar-refractivity contribution in [1.29, 1.82) is 0 Å². The molecule has 0 bridgehead atoms. The standard InChI is InChI=1S/C10H12BrN2O.C9H10BrFO2.C9H8BrFO2.2C9H9BrN2O.C8H6BrFO2.C7H3BrF2O/c1-6-10-8(12-13(6)2)4-7(11)5-9(10)14-3;2*1-5(12)9-7(11)3-6(10)4-8(9)13-2;1-5-9-7(11-12(5)2)3-6(10)4-8(9)13;1-5-9-7(12-11-5)3-6(10)4-8(9)13-2;1-12-8-3-5(9)2-7(10)6(8)4-11;8-4-1-6(9)5(3-11)7(10)2-4/h4-5,10H,1-3H3;3-5,12H,1-2H3;3-4H,1-2H3;3-4,9H,1-2H3;3-4H,1-2H3,(H,11,12);2-4H,1H3;1-3H/q+1;;;;;;/p+1. The number of aldehydes is 2. The van der Waals surface area contributed by atoms with E-state index in [1.807, 2.05) is 67.7 Å². The molecule has 1 aromatic heterocycles. The topological polar surface area (TPSA) is 194 Å². The molecule has 3 atom stereocenters. The molecule has 0 radical (unpaired) electrons. The molecule has 3 N–H and O–H groups in total. The first-order chi connectivity index (χ1) is 41.9. The lowest BCUT2D eigenvalue weighted by Gasteiger charge is -2.15. The van der Waals surface area contributed by atoms with Crippen LogP contribution in [0.5, 0.6) is 23.0 Å². The third-order valence-electron chi connectivity index (χ3n) is 12.8. The molecule has 0 amide bonds. The fourth-order valence-corrected chi connectivity index (χ4v) is 11.5. The molecule has 6 aromatic rings. The first-order valence-electron chi connectivity index (χ1n) is 25.7. The first kappa shape index (κ1) is 75.4. The van der Waals surface area contributed by atoms with Gasteiger partial charge < -0.3 is 28.8 Å². The molecule has 16 nitrogen and oxygen atoms in total. The Morgan fingerprint density at radius 2 is 1.08 bits per heavy atom. The van der Waals surface area contributed by atoms with Gasteiger partial charge in [-0.2, -0.15) is 10.5 Å². The van der Waals surface area contributed by atoms with Crippen molar-refractivity contribution in [2.75, 3.05) is 49.6 Å². The van der Waals surface area contributed by atoms with Crippen molar-refractivity contribution < 1.29 is 79.3 Å². The summed E-state index contributed by atoms with van der Waals surface area (Å²) in [5.41, 5.74) is 8.91. The number of methoxy groups -OCH3 is 5. The molecule has 0 saturated heterocycles. The number of allylic oxidation sites excluding steroid dienone is 8. The maximum Gasteiger partial charge on any atom is 0.198 e. The predicted molar refractivity (Wildman–Crippen MR) is 356 cm³/mol. The summed E-state index contributed by atoms with van der Waals surface area (Å²) < 4.78 is 98.5. The number of nitrogens with zero attached hydrogens (tertiary/aromatic N) is 4. The van der Waals surface area contributed by atoms with Crippen molar-refractivity contribution in [2.24, 2.45) is 16.9 Å². The van der Waals surface area contributed by atoms with Crippen molar-refractivity contribution in [3.8, 4) is 23.0 Å². The second kappa shape index (κ2) is 35.0. The van der Waals surface area contributed by atoms with Gasteiger partial charge in [-0.25, -0.2) is 22.0 Å². The number of carbonyl (C=O) groups is 4. The van der Waals surface area contributed by atoms with Gasteiger partial charge in [-0.1, -0.05) is 116 Å². The Morgan fingerprint density at radius 1 is 0.607 bits per heavy atom. The largest absolute Gasteiger partial charge is 0.500 e. The number of H-pyrrole nitrogens is 1. The molecule has 4 aliphatic rings. The van der Waals surface area contributed by atoms with Crippen LogP contribution in [0.2, 0.25) is 0 Å². The number of hydrogen-bond donors (Lipinski definition) is 3. The zero-order valence-electron chi connectivity index (χ0n) is 49.4. The van der Waals surface area contributed by atoms with E-state index in [1.54, 1.807) is 32.4 Å². The molecular weight excluding hydrogens is 1630 g/mol. The number of ketones is 2. The summed E-state index contributed by atoms with van der Waals surface area (Å²) in [6.45, 7) is 8.81. The van der Waals surface area contributed by atoms with Crippen molar-refractivity contribution in [2.45, 2.75) is 40.7 Å². The summed E-state index contributed by atoms with van der Waals surface area (Å²) in [5.74, 6) is -0.818. The number of aliphatic hydroxyl groups is 1. The molecule has 3 heterocycles. The van der Waals surface area contributed by atoms with E-state index in [1.165, 1.54) is 65.2 Å². The van der Waals surface area contributed by atoms with Gasteiger partial charge >= 0.3 is 0 Å². The van der Waals surface area contributed by atoms with Crippen LogP contribution >= 0.6 is 112 Å². The Morgan fingerprint density at radius 3 is 1.60 bits per heavy atom. The number of rotatable bonds is 9. The average Bonchev–Trinajstić information content (AvgIpc) is 1.78. The van der Waals surface area contributed by atoms with Gasteiger partial charge in [0.05, 0.1) is 80.5 Å². The number of fused-ring (bicyclic) bond motifs is 3. The summed E-state index contributed by atoms with van der Waals surface area (Å²) in [6, 6.07) is 14.4. The Labute approximate surface area is 568 Å². The van der Waals surface area contributed by atoms with E-state index in [2.05, 4.69) is 139 Å². The number of benzene rings is 5. The summed E-state index contributed by atoms with van der Waals surface area (Å²) in [5, 5.41) is 21.8. The van der Waals surface area contributed by atoms with E-state index in [4.69, 9.17) is 23.7 Å². The number of halogens is 12. The number of Topliss-reactive ketones (excluding diaryl/α,β-unsaturated/α-hetero) is 1. The summed E-state index contributed by atoms with van der Waals surface area (Å²) in [7, 11) is 11.4. The zero-order chi connectivity index (χ0) is 66.9. The van der Waals surface area contributed by atoms with E-state index in [0.29, 0.717) is 25.5 Å². The maximum absolute atomic E-state index is 13.3. The molecule has 0 spiro atoms. The van der Waals surface area contributed by atoms with Gasteiger partial charge in [-0.05, 0) is 111 Å². The fourth-order valence-electron chi connectivity index (χ4n) is 8.50. The molecule has 474 valence electrons. The number of hydrogen-bond acceptors (Lipinski definition) is 13. The number of hydrazone groups is 2. The quantitative estimate of drug-likeness (QED) is 0.0537. The van der Waals surface area contributed by atoms with Crippen LogP contribution in [0, 0.1) is 47.8 Å². The smallest absolute Gasteiger partial charge is 0.198 e. The van der Waals surface area contributed by atoms with E-state index in [9.17, 15) is 46.2 Å². The minimum absolute atomic E-state index is 0.00861. The van der Waals surface area contributed by atoms with Crippen LogP contribution in [0.4, 0.5) is 22.0 Å². The number of aromatic nitrogens is 2. The molecule has 0 saturated carbocycles. The summed E-state index contributed by atoms with van der Waals surface area (Å²) >= 11 is 22.3. The van der Waals surface area contributed by atoms with Gasteiger partial charge in [0.25, 0.3) is 0 Å². The van der Waals surface area contributed by atoms with Crippen LogP contribution in [-0.4, -0.2) is 116 Å². The molecular formula is C61H58Br7F5N6O10+2. The van der Waals surface area contributed by atoms with Crippen LogP contribution in [0.3, 0.4) is 0 Å². The Hall–Kier alpha value is -6.01. The highest BCUT2D eigenvalue weighted by Gasteiger charge is 2.40. The number of aryl methyl sites for hydroxylation is 1. The Balaban J connectivity index is 0.000000222. The average molecular weight is 1690 g/mol. The molecule has 2 aliphatic heterocycles. The van der Waals surface area contributed by atoms with Gasteiger partial charge in [0.2, 0.25) is 0 Å². The number of aliphatic hydroxyl groups excluding tert-OH is 1. The van der Waals surface area contributed by atoms with Gasteiger partial charge in [0.15, 0.2) is 49.7 Å². The van der Waals surface area contributed by atoms with Crippen LogP contribution in [0.15, 0.2) is 133 Å². The number of nitrogens with one attached hydrogen (secondary N) is 2. The van der Waals surface area contributed by atoms with Gasteiger partial charge in [0.1, 0.15) is 75.4 Å². The lowest BCUT2D eigenvalue weighted by molar-refractivity contribution is -0.544. The highest BCUT2D eigenvalue weighted by atomic mass is 79.9. The normalized spacial score (nSPS) is 15.2. The van der Waals surface area contributed by atoms with E-state index < -0.39 is 40.8 Å². The molecule has 2 aliphatic carbocycles. The van der Waals surface area contributed by atoms with E-state index >= 15 is 0 Å². The minimum Gasteiger partial charge on any atom is -0.500 e. The minimum atomic E-state index is -0.872. The van der Waals surface area contributed by atoms with Gasteiger partial charge in [0, 0.05) is 50.9 Å². The van der Waals surface area contributed by atoms with Crippen LogP contribution in [0.1, 0.15) is 76.1 Å².